The average Bonchev–Trinajstić information content (AvgIpc) is 2.96. The van der Waals surface area contributed by atoms with Crippen LogP contribution >= 0.6 is 11.3 Å². The van der Waals surface area contributed by atoms with Gasteiger partial charge in [0.15, 0.2) is 5.78 Å². The van der Waals surface area contributed by atoms with E-state index in [0.717, 1.165) is 9.75 Å². The number of amides is 1. The van der Waals surface area contributed by atoms with Crippen LogP contribution < -0.4 is 5.32 Å². The van der Waals surface area contributed by atoms with E-state index >= 15 is 0 Å². The van der Waals surface area contributed by atoms with Crippen molar-refractivity contribution in [3.05, 3.63) is 57.3 Å². The van der Waals surface area contributed by atoms with Gasteiger partial charge in [-0.2, -0.15) is 0 Å². The van der Waals surface area contributed by atoms with Gasteiger partial charge < -0.3 is 10.4 Å². The maximum absolute atomic E-state index is 12.2. The summed E-state index contributed by atoms with van der Waals surface area (Å²) in [6, 6.07) is 10.6. The molecule has 1 unspecified atom stereocenters. The molecule has 2 rings (SSSR count). The highest BCUT2D eigenvalue weighted by molar-refractivity contribution is 7.12. The number of carboxylic acids is 1. The number of Topliss-reactive ketones (excluding diaryl/α,β-unsaturated/α-hetero) is 1. The van der Waals surface area contributed by atoms with E-state index in [9.17, 15) is 19.5 Å². The second-order valence-electron chi connectivity index (χ2n) is 6.53. The van der Waals surface area contributed by atoms with Crippen LogP contribution in [0.25, 0.3) is 0 Å². The van der Waals surface area contributed by atoms with Crippen LogP contribution in [-0.4, -0.2) is 29.3 Å². The van der Waals surface area contributed by atoms with E-state index in [-0.39, 0.29) is 31.1 Å². The smallest absolute Gasteiger partial charge is 0.315 e. The van der Waals surface area contributed by atoms with Gasteiger partial charge in [-0.05, 0) is 32.4 Å². The third kappa shape index (κ3) is 4.58. The molecule has 2 aromatic rings. The zero-order valence-corrected chi connectivity index (χ0v) is 16.0. The van der Waals surface area contributed by atoms with Crippen LogP contribution in [0.5, 0.6) is 0 Å². The molecule has 6 heteroatoms. The van der Waals surface area contributed by atoms with Crippen molar-refractivity contribution in [2.45, 2.75) is 39.0 Å². The van der Waals surface area contributed by atoms with Gasteiger partial charge in [-0.3, -0.25) is 14.4 Å². The number of carbonyl (C=O) groups is 3. The fourth-order valence-electron chi connectivity index (χ4n) is 2.74. The second-order valence-corrected chi connectivity index (χ2v) is 7.99. The van der Waals surface area contributed by atoms with Crippen molar-refractivity contribution in [3.63, 3.8) is 0 Å². The number of hydrogen-bond donors (Lipinski definition) is 2. The largest absolute Gasteiger partial charge is 0.481 e. The van der Waals surface area contributed by atoms with E-state index < -0.39 is 11.4 Å². The van der Waals surface area contributed by atoms with Gasteiger partial charge >= 0.3 is 5.97 Å². The maximum atomic E-state index is 12.2. The topological polar surface area (TPSA) is 83.5 Å². The Bertz CT molecular complexity index is 812. The molecule has 0 aliphatic heterocycles. The molecule has 0 saturated heterocycles. The quantitative estimate of drug-likeness (QED) is 0.694. The van der Waals surface area contributed by atoms with Crippen LogP contribution in [0.15, 0.2) is 36.4 Å². The predicted molar refractivity (Wildman–Crippen MR) is 102 cm³/mol. The Morgan fingerprint density at radius 1 is 1.12 bits per heavy atom. The number of rotatable bonds is 8. The van der Waals surface area contributed by atoms with Crippen LogP contribution in [0.4, 0.5) is 0 Å². The lowest BCUT2D eigenvalue weighted by atomic mass is 9.82. The first-order valence-corrected chi connectivity index (χ1v) is 9.21. The minimum atomic E-state index is -1.22. The molecule has 2 N–H and O–H groups in total. The van der Waals surface area contributed by atoms with Gasteiger partial charge in [0.1, 0.15) is 5.41 Å². The van der Waals surface area contributed by atoms with Crippen LogP contribution in [-0.2, 0) is 15.0 Å². The fraction of sp³-hybridized carbons (Fsp3) is 0.350. The summed E-state index contributed by atoms with van der Waals surface area (Å²) in [5.74, 6) is -1.40. The molecule has 1 atom stereocenters. The number of carboxylic acid groups (broad SMARTS) is 1. The van der Waals surface area contributed by atoms with Gasteiger partial charge in [0.25, 0.3) is 0 Å². The summed E-state index contributed by atoms with van der Waals surface area (Å²) in [6.45, 7) is 5.38. The minimum Gasteiger partial charge on any atom is -0.481 e. The number of benzene rings is 1. The lowest BCUT2D eigenvalue weighted by Crippen LogP contribution is -2.44. The summed E-state index contributed by atoms with van der Waals surface area (Å²) in [5.41, 5.74) is 0.0651. The highest BCUT2D eigenvalue weighted by atomic mass is 32.1. The van der Waals surface area contributed by atoms with Gasteiger partial charge in [-0.25, -0.2) is 0 Å². The summed E-state index contributed by atoms with van der Waals surface area (Å²) in [7, 11) is 0. The number of nitrogens with one attached hydrogen (secondary N) is 1. The molecular weight excluding hydrogens is 350 g/mol. The summed E-state index contributed by atoms with van der Waals surface area (Å²) in [4.78, 5) is 38.1. The van der Waals surface area contributed by atoms with Gasteiger partial charge in [0.05, 0.1) is 0 Å². The molecule has 0 aliphatic carbocycles. The van der Waals surface area contributed by atoms with Crippen molar-refractivity contribution in [1.82, 2.24) is 5.32 Å². The Labute approximate surface area is 157 Å². The van der Waals surface area contributed by atoms with E-state index in [1.54, 1.807) is 42.5 Å². The lowest BCUT2D eigenvalue weighted by Gasteiger charge is -2.25. The van der Waals surface area contributed by atoms with Crippen molar-refractivity contribution < 1.29 is 19.5 Å². The third-order valence-corrected chi connectivity index (χ3v) is 5.41. The van der Waals surface area contributed by atoms with Crippen molar-refractivity contribution >= 4 is 29.0 Å². The highest BCUT2D eigenvalue weighted by Gasteiger charge is 2.35. The van der Waals surface area contributed by atoms with Crippen molar-refractivity contribution in [1.29, 1.82) is 0 Å². The van der Waals surface area contributed by atoms with Gasteiger partial charge in [-0.15, -0.1) is 11.3 Å². The summed E-state index contributed by atoms with van der Waals surface area (Å²) in [6.07, 6.45) is 0.148. The normalized spacial score (nSPS) is 13.0. The SMILES string of the molecule is Cc1cc(C(=O)CCC(=O)NCC(C)(C(=O)O)c2ccccc2)c(C)s1. The molecular formula is C20H23NO4S. The monoisotopic (exact) mass is 373 g/mol. The first kappa shape index (κ1) is 19.8. The molecule has 0 aliphatic rings. The van der Waals surface area contributed by atoms with Crippen molar-refractivity contribution in [3.8, 4) is 0 Å². The van der Waals surface area contributed by atoms with Crippen LogP contribution in [0.2, 0.25) is 0 Å². The van der Waals surface area contributed by atoms with E-state index in [0.29, 0.717) is 11.1 Å². The summed E-state index contributed by atoms with van der Waals surface area (Å²) < 4.78 is 0. The number of ketones is 1. The summed E-state index contributed by atoms with van der Waals surface area (Å²) >= 11 is 1.56. The molecule has 0 radical (unpaired) electrons. The lowest BCUT2D eigenvalue weighted by molar-refractivity contribution is -0.143. The number of carbonyl (C=O) groups excluding carboxylic acids is 2. The first-order chi connectivity index (χ1) is 12.2. The maximum Gasteiger partial charge on any atom is 0.315 e. The van der Waals surface area contributed by atoms with E-state index in [1.807, 2.05) is 26.0 Å². The standard InChI is InChI=1S/C20H23NO4S/c1-13-11-16(14(2)26-13)17(22)9-10-18(23)21-12-20(3,19(24)25)15-7-5-4-6-8-15/h4-8,11H,9-10,12H2,1-3H3,(H,21,23)(H,24,25). The Kier molecular flexibility index (Phi) is 6.32. The molecule has 1 heterocycles. The van der Waals surface area contributed by atoms with E-state index in [4.69, 9.17) is 0 Å². The Morgan fingerprint density at radius 3 is 2.31 bits per heavy atom. The van der Waals surface area contributed by atoms with Gasteiger partial charge in [-0.1, -0.05) is 30.3 Å². The molecule has 0 saturated carbocycles. The van der Waals surface area contributed by atoms with Crippen molar-refractivity contribution in [2.24, 2.45) is 0 Å². The zero-order valence-electron chi connectivity index (χ0n) is 15.2. The van der Waals surface area contributed by atoms with E-state index in [2.05, 4.69) is 5.32 Å². The van der Waals surface area contributed by atoms with Gasteiger partial charge in [0, 0.05) is 34.7 Å². The third-order valence-electron chi connectivity index (χ3n) is 4.44. The molecule has 138 valence electrons. The van der Waals surface area contributed by atoms with Crippen LogP contribution in [0.3, 0.4) is 0 Å². The second kappa shape index (κ2) is 8.27. The predicted octanol–water partition coefficient (Wildman–Crippen LogP) is 3.49. The number of hydrogen-bond acceptors (Lipinski definition) is 4. The van der Waals surface area contributed by atoms with E-state index in [1.165, 1.54) is 0 Å². The molecule has 1 amide bonds. The Balaban J connectivity index is 1.94. The molecule has 0 fully saturated rings. The first-order valence-electron chi connectivity index (χ1n) is 8.40. The number of aryl methyl sites for hydroxylation is 2. The summed E-state index contributed by atoms with van der Waals surface area (Å²) in [5, 5.41) is 12.3. The molecule has 0 spiro atoms. The highest BCUT2D eigenvalue weighted by Crippen LogP contribution is 2.24. The number of thiophene rings is 1. The van der Waals surface area contributed by atoms with Crippen LogP contribution in [0.1, 0.15) is 45.4 Å². The van der Waals surface area contributed by atoms with Gasteiger partial charge in [0.2, 0.25) is 5.91 Å². The van der Waals surface area contributed by atoms with Crippen molar-refractivity contribution in [2.75, 3.05) is 6.54 Å². The molecule has 26 heavy (non-hydrogen) atoms. The number of aliphatic carboxylic acids is 1. The average molecular weight is 373 g/mol. The Morgan fingerprint density at radius 2 is 1.77 bits per heavy atom. The molecule has 1 aromatic carbocycles. The Hall–Kier alpha value is -2.47. The zero-order chi connectivity index (χ0) is 19.3. The van der Waals surface area contributed by atoms with Crippen LogP contribution in [0, 0.1) is 13.8 Å². The molecule has 1 aromatic heterocycles. The molecule has 5 nitrogen and oxygen atoms in total. The molecule has 0 bridgehead atoms. The fourth-order valence-corrected chi connectivity index (χ4v) is 3.68. The minimum absolute atomic E-state index is 0.0318.